The fourth-order valence-corrected chi connectivity index (χ4v) is 3.52. The van der Waals surface area contributed by atoms with Crippen LogP contribution in [0.25, 0.3) is 10.2 Å². The number of nitrogens with one attached hydrogen (secondary N) is 1. The molecule has 0 radical (unpaired) electrons. The van der Waals surface area contributed by atoms with Crippen LogP contribution in [0.15, 0.2) is 24.3 Å². The second kappa shape index (κ2) is 5.05. The summed E-state index contributed by atoms with van der Waals surface area (Å²) in [4.78, 5) is 13.8. The number of aromatic nitrogens is 2. The molecule has 1 amide bonds. The lowest BCUT2D eigenvalue weighted by Gasteiger charge is -2.04. The van der Waals surface area contributed by atoms with Gasteiger partial charge in [0.15, 0.2) is 0 Å². The number of amides is 1. The van der Waals surface area contributed by atoms with Crippen LogP contribution in [0, 0.1) is 6.92 Å². The number of nitrogens with two attached hydrogens (primary N) is 1. The highest BCUT2D eigenvalue weighted by atomic mass is 35.5. The van der Waals surface area contributed by atoms with Gasteiger partial charge in [-0.2, -0.15) is 5.10 Å². The van der Waals surface area contributed by atoms with Crippen LogP contribution < -0.4 is 11.1 Å². The van der Waals surface area contributed by atoms with Gasteiger partial charge in [-0.25, -0.2) is 0 Å². The molecule has 3 N–H and O–H groups in total. The van der Waals surface area contributed by atoms with Gasteiger partial charge in [-0.15, -0.1) is 11.3 Å². The van der Waals surface area contributed by atoms with Gasteiger partial charge in [-0.3, -0.25) is 9.48 Å². The summed E-state index contributed by atoms with van der Waals surface area (Å²) in [7, 11) is 1.84. The first-order valence-corrected chi connectivity index (χ1v) is 7.45. The number of halogens is 1. The molecular weight excluding hydrogens is 308 g/mol. The number of carbonyl (C=O) groups excluding carboxylic acids is 1. The summed E-state index contributed by atoms with van der Waals surface area (Å²) in [6.45, 7) is 1.88. The smallest absolute Gasteiger partial charge is 0.267 e. The van der Waals surface area contributed by atoms with E-state index < -0.39 is 0 Å². The Kier molecular flexibility index (Phi) is 3.35. The van der Waals surface area contributed by atoms with E-state index in [0.717, 1.165) is 15.9 Å². The highest BCUT2D eigenvalue weighted by molar-refractivity contribution is 7.21. The summed E-state index contributed by atoms with van der Waals surface area (Å²) in [6.07, 6.45) is 0. The Morgan fingerprint density at radius 1 is 1.48 bits per heavy atom. The molecule has 3 aromatic rings. The zero-order valence-corrected chi connectivity index (χ0v) is 13.0. The summed E-state index contributed by atoms with van der Waals surface area (Å²) in [5.74, 6) is -0.240. The van der Waals surface area contributed by atoms with Crippen molar-refractivity contribution < 1.29 is 4.79 Å². The number of nitrogens with zero attached hydrogens (tertiary/aromatic N) is 2. The van der Waals surface area contributed by atoms with Gasteiger partial charge in [-0.05, 0) is 25.1 Å². The molecule has 0 aliphatic heterocycles. The molecule has 0 saturated heterocycles. The third-order valence-electron chi connectivity index (χ3n) is 3.17. The molecule has 0 aliphatic carbocycles. The maximum atomic E-state index is 12.4. The lowest BCUT2D eigenvalue weighted by atomic mass is 10.2. The van der Waals surface area contributed by atoms with Gasteiger partial charge < -0.3 is 11.1 Å². The van der Waals surface area contributed by atoms with Crippen molar-refractivity contribution in [3.63, 3.8) is 0 Å². The van der Waals surface area contributed by atoms with Crippen molar-refractivity contribution in [2.75, 3.05) is 11.1 Å². The van der Waals surface area contributed by atoms with Crippen LogP contribution in [-0.4, -0.2) is 15.7 Å². The van der Waals surface area contributed by atoms with Crippen LogP contribution in [0.4, 0.5) is 11.4 Å². The summed E-state index contributed by atoms with van der Waals surface area (Å²) < 4.78 is 1.74. The molecule has 21 heavy (non-hydrogen) atoms. The topological polar surface area (TPSA) is 72.9 Å². The van der Waals surface area contributed by atoms with Gasteiger partial charge in [0.1, 0.15) is 9.71 Å². The van der Waals surface area contributed by atoms with E-state index in [9.17, 15) is 4.79 Å². The van der Waals surface area contributed by atoms with E-state index in [4.69, 9.17) is 17.3 Å². The highest BCUT2D eigenvalue weighted by Gasteiger charge is 2.21. The minimum Gasteiger partial charge on any atom is -0.397 e. The maximum Gasteiger partial charge on any atom is 0.267 e. The molecule has 0 unspecified atom stereocenters. The molecule has 1 aromatic carbocycles. The number of hydrogen-bond acceptors (Lipinski definition) is 4. The summed E-state index contributed by atoms with van der Waals surface area (Å²) in [5.41, 5.74) is 8.04. The molecule has 7 heteroatoms. The standard InChI is InChI=1S/C14H13ClN4OS/c1-7-10-11(16)12(21-14(10)19(2)18-7)13(20)17-9-5-3-4-8(15)6-9/h3-6H,16H2,1-2H3,(H,17,20). The Hall–Kier alpha value is -2.05. The zero-order chi connectivity index (χ0) is 15.1. The second-order valence-corrected chi connectivity index (χ2v) is 6.13. The first-order valence-electron chi connectivity index (χ1n) is 6.26. The van der Waals surface area contributed by atoms with Crippen molar-refractivity contribution in [1.82, 2.24) is 9.78 Å². The highest BCUT2D eigenvalue weighted by Crippen LogP contribution is 2.35. The number of hydrogen-bond donors (Lipinski definition) is 2. The maximum absolute atomic E-state index is 12.4. The molecule has 3 rings (SSSR count). The fraction of sp³-hybridized carbons (Fsp3) is 0.143. The SMILES string of the molecule is Cc1nn(C)c2sc(C(=O)Nc3cccc(Cl)c3)c(N)c12. The van der Waals surface area contributed by atoms with E-state index in [1.807, 2.05) is 14.0 Å². The molecule has 0 atom stereocenters. The molecule has 0 fully saturated rings. The van der Waals surface area contributed by atoms with Gasteiger partial charge in [0.2, 0.25) is 0 Å². The molecule has 108 valence electrons. The Bertz CT molecular complexity index is 852. The Morgan fingerprint density at radius 2 is 2.24 bits per heavy atom. The average molecular weight is 321 g/mol. The number of aryl methyl sites for hydroxylation is 2. The van der Waals surface area contributed by atoms with Crippen LogP contribution in [0.3, 0.4) is 0 Å². The normalized spacial score (nSPS) is 11.0. The van der Waals surface area contributed by atoms with Crippen LogP contribution in [0.5, 0.6) is 0 Å². The van der Waals surface area contributed by atoms with Gasteiger partial charge in [0, 0.05) is 17.8 Å². The van der Waals surface area contributed by atoms with Crippen LogP contribution in [0.1, 0.15) is 15.4 Å². The van der Waals surface area contributed by atoms with E-state index in [0.29, 0.717) is 21.3 Å². The van der Waals surface area contributed by atoms with E-state index >= 15 is 0 Å². The largest absolute Gasteiger partial charge is 0.397 e. The van der Waals surface area contributed by atoms with Crippen molar-refractivity contribution >= 4 is 50.4 Å². The molecule has 0 bridgehead atoms. The Morgan fingerprint density at radius 3 is 2.90 bits per heavy atom. The molecule has 2 heterocycles. The first-order chi connectivity index (χ1) is 9.97. The monoisotopic (exact) mass is 320 g/mol. The van der Waals surface area contributed by atoms with Crippen molar-refractivity contribution in [3.05, 3.63) is 39.9 Å². The third kappa shape index (κ3) is 2.36. The summed E-state index contributed by atoms with van der Waals surface area (Å²) >= 11 is 7.24. The lowest BCUT2D eigenvalue weighted by Crippen LogP contribution is -2.12. The molecule has 0 saturated carbocycles. The third-order valence-corrected chi connectivity index (χ3v) is 4.68. The van der Waals surface area contributed by atoms with Crippen LogP contribution in [0.2, 0.25) is 5.02 Å². The number of nitrogen functional groups attached to an aromatic ring is 1. The fourth-order valence-electron chi connectivity index (χ4n) is 2.25. The molecular formula is C14H13ClN4OS. The lowest BCUT2D eigenvalue weighted by molar-refractivity contribution is 0.103. The van der Waals surface area contributed by atoms with Crippen molar-refractivity contribution in [1.29, 1.82) is 0 Å². The van der Waals surface area contributed by atoms with E-state index in [-0.39, 0.29) is 5.91 Å². The van der Waals surface area contributed by atoms with E-state index in [2.05, 4.69) is 10.4 Å². The number of fused-ring (bicyclic) bond motifs is 1. The minimum absolute atomic E-state index is 0.240. The number of benzene rings is 1. The van der Waals surface area contributed by atoms with Crippen LogP contribution >= 0.6 is 22.9 Å². The van der Waals surface area contributed by atoms with Gasteiger partial charge in [-0.1, -0.05) is 17.7 Å². The number of thiophene rings is 1. The number of anilines is 2. The van der Waals surface area contributed by atoms with Gasteiger partial charge in [0.25, 0.3) is 5.91 Å². The van der Waals surface area contributed by atoms with Crippen LogP contribution in [-0.2, 0) is 7.05 Å². The quantitative estimate of drug-likeness (QED) is 0.759. The van der Waals surface area contributed by atoms with Gasteiger partial charge >= 0.3 is 0 Å². The molecule has 0 aliphatic rings. The number of rotatable bonds is 2. The van der Waals surface area contributed by atoms with E-state index in [1.54, 1.807) is 28.9 Å². The van der Waals surface area contributed by atoms with Crippen molar-refractivity contribution in [2.45, 2.75) is 6.92 Å². The zero-order valence-electron chi connectivity index (χ0n) is 11.5. The predicted molar refractivity (Wildman–Crippen MR) is 87.1 cm³/mol. The molecule has 0 spiro atoms. The van der Waals surface area contributed by atoms with Crippen molar-refractivity contribution in [2.24, 2.45) is 7.05 Å². The Balaban J connectivity index is 1.98. The molecule has 2 aromatic heterocycles. The second-order valence-electron chi connectivity index (χ2n) is 4.70. The molecule has 5 nitrogen and oxygen atoms in total. The summed E-state index contributed by atoms with van der Waals surface area (Å²) in [5, 5.41) is 8.52. The van der Waals surface area contributed by atoms with Gasteiger partial charge in [0.05, 0.1) is 16.8 Å². The summed E-state index contributed by atoms with van der Waals surface area (Å²) in [6, 6.07) is 7.00. The average Bonchev–Trinajstić information content (AvgIpc) is 2.89. The first kappa shape index (κ1) is 13.9. The van der Waals surface area contributed by atoms with E-state index in [1.165, 1.54) is 11.3 Å². The number of carbonyl (C=O) groups is 1. The predicted octanol–water partition coefficient (Wildman–Crippen LogP) is 3.43. The minimum atomic E-state index is -0.240. The Labute approximate surface area is 130 Å². The van der Waals surface area contributed by atoms with Crippen molar-refractivity contribution in [3.8, 4) is 0 Å².